The molecule has 6 nitrogen and oxygen atoms in total. The predicted molar refractivity (Wildman–Crippen MR) is 389 cm³/mol. The number of aliphatic hydroxyl groups excluding tert-OH is 2. The van der Waals surface area contributed by atoms with Gasteiger partial charge in [-0.1, -0.05) is 417 Å². The molecule has 0 saturated carbocycles. The lowest BCUT2D eigenvalue weighted by molar-refractivity contribution is -0.143. The lowest BCUT2D eigenvalue weighted by atomic mass is 10.0. The first-order valence-corrected chi connectivity index (χ1v) is 40.6. The minimum Gasteiger partial charge on any atom is -0.466 e. The Kier molecular flexibility index (Phi) is 76.3. The Labute approximate surface area is 551 Å². The molecule has 0 spiro atoms. The first kappa shape index (κ1) is 86.3. The van der Waals surface area contributed by atoms with Crippen LogP contribution in [0.5, 0.6) is 0 Å². The van der Waals surface area contributed by atoms with Crippen molar-refractivity contribution in [1.82, 2.24) is 5.32 Å². The molecule has 0 radical (unpaired) electrons. The number of aliphatic hydroxyl groups is 2. The van der Waals surface area contributed by atoms with Gasteiger partial charge in [0, 0.05) is 12.8 Å². The number of carbonyl (C=O) groups is 2. The molecule has 0 aliphatic rings. The van der Waals surface area contributed by atoms with Crippen molar-refractivity contribution in [2.75, 3.05) is 13.2 Å². The average molecular weight is 1240 g/mol. The summed E-state index contributed by atoms with van der Waals surface area (Å²) in [7, 11) is 0. The van der Waals surface area contributed by atoms with Crippen molar-refractivity contribution in [3.05, 3.63) is 24.3 Å². The fourth-order valence-corrected chi connectivity index (χ4v) is 13.0. The zero-order chi connectivity index (χ0) is 63.5. The Hall–Kier alpha value is -1.66. The van der Waals surface area contributed by atoms with Gasteiger partial charge in [-0.15, -0.1) is 0 Å². The summed E-state index contributed by atoms with van der Waals surface area (Å²) in [6.45, 7) is 4.96. The van der Waals surface area contributed by atoms with Crippen molar-refractivity contribution in [3.63, 3.8) is 0 Å². The van der Waals surface area contributed by atoms with Gasteiger partial charge >= 0.3 is 5.97 Å². The van der Waals surface area contributed by atoms with E-state index in [4.69, 9.17) is 4.74 Å². The molecule has 0 aliphatic heterocycles. The van der Waals surface area contributed by atoms with Crippen LogP contribution in [0.2, 0.25) is 0 Å². The number of nitrogens with one attached hydrogen (secondary N) is 1. The third-order valence-electron chi connectivity index (χ3n) is 19.2. The van der Waals surface area contributed by atoms with Crippen LogP contribution in [-0.4, -0.2) is 47.4 Å². The summed E-state index contributed by atoms with van der Waals surface area (Å²) in [5, 5.41) is 23.3. The Balaban J connectivity index is 3.37. The van der Waals surface area contributed by atoms with Gasteiger partial charge in [0.25, 0.3) is 0 Å². The number of hydrogen-bond donors (Lipinski definition) is 3. The highest BCUT2D eigenvalue weighted by atomic mass is 16.5. The molecule has 0 rings (SSSR count). The largest absolute Gasteiger partial charge is 0.466 e. The van der Waals surface area contributed by atoms with Crippen LogP contribution in [0.3, 0.4) is 0 Å². The number of amides is 1. The molecule has 0 heterocycles. The van der Waals surface area contributed by atoms with Crippen LogP contribution in [0.25, 0.3) is 0 Å². The first-order chi connectivity index (χ1) is 43.5. The van der Waals surface area contributed by atoms with Crippen molar-refractivity contribution >= 4 is 11.9 Å². The van der Waals surface area contributed by atoms with E-state index in [0.29, 0.717) is 19.4 Å². The van der Waals surface area contributed by atoms with E-state index >= 15 is 0 Å². The number of ether oxygens (including phenoxy) is 1. The van der Waals surface area contributed by atoms with E-state index in [1.807, 2.05) is 6.08 Å². The van der Waals surface area contributed by atoms with Gasteiger partial charge in [-0.25, -0.2) is 0 Å². The van der Waals surface area contributed by atoms with Gasteiger partial charge in [-0.2, -0.15) is 0 Å². The maximum atomic E-state index is 12.6. The highest BCUT2D eigenvalue weighted by Gasteiger charge is 2.18. The fourth-order valence-electron chi connectivity index (χ4n) is 13.0. The second-order valence-electron chi connectivity index (χ2n) is 28.1. The Morgan fingerprint density at radius 3 is 0.807 bits per heavy atom. The second kappa shape index (κ2) is 77.8. The topological polar surface area (TPSA) is 95.9 Å². The highest BCUT2D eigenvalue weighted by Crippen LogP contribution is 2.20. The van der Waals surface area contributed by atoms with E-state index in [-0.39, 0.29) is 18.5 Å². The Bertz CT molecular complexity index is 1380. The molecular formula is C82H159NO5. The number of allylic oxidation sites excluding steroid dienone is 3. The zero-order valence-electron chi connectivity index (χ0n) is 60.0. The van der Waals surface area contributed by atoms with E-state index in [2.05, 4.69) is 31.3 Å². The molecule has 0 aliphatic carbocycles. The van der Waals surface area contributed by atoms with Crippen LogP contribution in [-0.2, 0) is 14.3 Å². The highest BCUT2D eigenvalue weighted by molar-refractivity contribution is 5.76. The van der Waals surface area contributed by atoms with Crippen LogP contribution in [0.4, 0.5) is 0 Å². The van der Waals surface area contributed by atoms with E-state index < -0.39 is 12.1 Å². The van der Waals surface area contributed by atoms with Gasteiger partial charge in [0.1, 0.15) is 0 Å². The summed E-state index contributed by atoms with van der Waals surface area (Å²) < 4.78 is 5.49. The molecule has 0 bridgehead atoms. The van der Waals surface area contributed by atoms with Crippen molar-refractivity contribution in [2.24, 2.45) is 0 Å². The molecule has 0 aromatic carbocycles. The van der Waals surface area contributed by atoms with Crippen molar-refractivity contribution < 1.29 is 24.5 Å². The smallest absolute Gasteiger partial charge is 0.305 e. The van der Waals surface area contributed by atoms with E-state index in [0.717, 1.165) is 38.5 Å². The van der Waals surface area contributed by atoms with Gasteiger partial charge in [-0.05, 0) is 57.8 Å². The molecule has 0 aromatic heterocycles. The number of carbonyl (C=O) groups excluding carboxylic acids is 2. The Morgan fingerprint density at radius 2 is 0.534 bits per heavy atom. The molecule has 0 aromatic rings. The van der Waals surface area contributed by atoms with Crippen LogP contribution < -0.4 is 5.32 Å². The quantitative estimate of drug-likeness (QED) is 0.0320. The molecule has 522 valence electrons. The van der Waals surface area contributed by atoms with Gasteiger partial charge in [0.15, 0.2) is 0 Å². The van der Waals surface area contributed by atoms with Gasteiger partial charge < -0.3 is 20.3 Å². The number of rotatable bonds is 77. The fraction of sp³-hybridized carbons (Fsp3) is 0.927. The summed E-state index contributed by atoms with van der Waals surface area (Å²) in [6, 6.07) is -0.627. The number of hydrogen-bond acceptors (Lipinski definition) is 5. The number of unbranched alkanes of at least 4 members (excludes halogenated alkanes) is 64. The van der Waals surface area contributed by atoms with E-state index in [1.165, 1.54) is 398 Å². The summed E-state index contributed by atoms with van der Waals surface area (Å²) >= 11 is 0. The maximum Gasteiger partial charge on any atom is 0.305 e. The molecule has 0 fully saturated rings. The van der Waals surface area contributed by atoms with Crippen LogP contribution in [0, 0.1) is 0 Å². The third kappa shape index (κ3) is 73.4. The monoisotopic (exact) mass is 1240 g/mol. The first-order valence-electron chi connectivity index (χ1n) is 40.6. The molecule has 3 N–H and O–H groups in total. The zero-order valence-corrected chi connectivity index (χ0v) is 60.0. The van der Waals surface area contributed by atoms with Crippen molar-refractivity contribution in [1.29, 1.82) is 0 Å². The van der Waals surface area contributed by atoms with E-state index in [1.54, 1.807) is 6.08 Å². The van der Waals surface area contributed by atoms with Crippen LogP contribution in [0.15, 0.2) is 24.3 Å². The molecule has 2 unspecified atom stereocenters. The number of esters is 1. The van der Waals surface area contributed by atoms with Crippen LogP contribution >= 0.6 is 0 Å². The summed E-state index contributed by atoms with van der Waals surface area (Å²) in [5.74, 6) is -0.0382. The normalized spacial score (nSPS) is 12.5. The molecule has 88 heavy (non-hydrogen) atoms. The lowest BCUT2D eigenvalue weighted by Crippen LogP contribution is -2.45. The molecule has 1 amide bonds. The summed E-state index contributed by atoms with van der Waals surface area (Å²) in [4.78, 5) is 24.6. The third-order valence-corrected chi connectivity index (χ3v) is 19.2. The van der Waals surface area contributed by atoms with E-state index in [9.17, 15) is 19.8 Å². The summed E-state index contributed by atoms with van der Waals surface area (Å²) in [6.07, 6.45) is 100. The minimum atomic E-state index is -0.844. The van der Waals surface area contributed by atoms with Gasteiger partial charge in [0.05, 0.1) is 25.4 Å². The lowest BCUT2D eigenvalue weighted by Gasteiger charge is -2.20. The average Bonchev–Trinajstić information content (AvgIpc) is 3.53. The maximum absolute atomic E-state index is 12.6. The molecule has 2 atom stereocenters. The standard InChI is InChI=1S/C82H159NO5/c1-3-5-7-9-11-13-15-17-18-19-20-21-22-32-35-38-41-44-47-51-54-58-62-66-70-74-80(85)79(78-84)83-81(86)75-71-67-63-59-55-52-48-45-42-39-36-33-30-28-26-24-23-25-27-29-31-34-37-40-43-46-49-53-57-61-65-69-73-77-88-82(87)76-72-68-64-60-56-50-16-14-12-10-8-6-4-2/h27,29,70,74,79-80,84-85H,3-26,28,30-69,71-73,75-78H2,1-2H3,(H,83,86)/b29-27-,74-70+. The van der Waals surface area contributed by atoms with Crippen molar-refractivity contribution in [2.45, 2.75) is 475 Å². The second-order valence-corrected chi connectivity index (χ2v) is 28.1. The van der Waals surface area contributed by atoms with Crippen molar-refractivity contribution in [3.8, 4) is 0 Å². The SMILES string of the molecule is CCCCCCCCCCCCCCCCCCCCCCCCC/C=C/C(O)C(CO)NC(=O)CCCCCCCCCCCCCCCCCCC/C=C\CCCCCCCCCCCCCCOC(=O)CCCCCCCCCCCCCCC. The Morgan fingerprint density at radius 1 is 0.307 bits per heavy atom. The van der Waals surface area contributed by atoms with Gasteiger partial charge in [0.2, 0.25) is 5.91 Å². The molecule has 6 heteroatoms. The molecular weight excluding hydrogens is 1080 g/mol. The summed E-state index contributed by atoms with van der Waals surface area (Å²) in [5.41, 5.74) is 0. The molecule has 0 saturated heterocycles. The predicted octanol–water partition coefficient (Wildman–Crippen LogP) is 26.8. The van der Waals surface area contributed by atoms with Crippen LogP contribution in [0.1, 0.15) is 463 Å². The minimum absolute atomic E-state index is 0.0210. The van der Waals surface area contributed by atoms with Gasteiger partial charge in [-0.3, -0.25) is 9.59 Å².